The van der Waals surface area contributed by atoms with Crippen molar-refractivity contribution in [3.63, 3.8) is 0 Å². The van der Waals surface area contributed by atoms with Crippen LogP contribution in [0.2, 0.25) is 0 Å². The molecule has 1 heterocycles. The topological polar surface area (TPSA) is 67.3 Å². The van der Waals surface area contributed by atoms with Crippen molar-refractivity contribution in [3.05, 3.63) is 36.0 Å². The van der Waals surface area contributed by atoms with E-state index in [4.69, 9.17) is 4.74 Å². The average molecular weight is 307 g/mol. The van der Waals surface area contributed by atoms with Gasteiger partial charge in [-0.2, -0.15) is 4.37 Å². The van der Waals surface area contributed by atoms with Gasteiger partial charge in [-0.1, -0.05) is 32.9 Å². The fourth-order valence-electron chi connectivity index (χ4n) is 1.78. The molecule has 1 atom stereocenters. The average Bonchev–Trinajstić information content (AvgIpc) is 2.95. The van der Waals surface area contributed by atoms with E-state index in [0.717, 1.165) is 17.4 Å². The molecule has 1 aromatic heterocycles. The fourth-order valence-corrected chi connectivity index (χ4v) is 2.15. The first kappa shape index (κ1) is 15.7. The van der Waals surface area contributed by atoms with Gasteiger partial charge in [-0.05, 0) is 23.1 Å². The summed E-state index contributed by atoms with van der Waals surface area (Å²) in [5, 5.41) is 13.1. The molecule has 1 unspecified atom stereocenters. The van der Waals surface area contributed by atoms with Crippen LogP contribution in [-0.4, -0.2) is 33.1 Å². The van der Waals surface area contributed by atoms with E-state index in [1.807, 2.05) is 12.1 Å². The molecule has 0 bridgehead atoms. The number of rotatable bonds is 6. The maximum absolute atomic E-state index is 9.86. The summed E-state index contributed by atoms with van der Waals surface area (Å²) < 4.78 is 13.1. The van der Waals surface area contributed by atoms with Crippen molar-refractivity contribution >= 4 is 17.4 Å². The second kappa shape index (κ2) is 6.87. The van der Waals surface area contributed by atoms with Crippen molar-refractivity contribution < 1.29 is 9.84 Å². The summed E-state index contributed by atoms with van der Waals surface area (Å²) >= 11 is 1.08. The van der Waals surface area contributed by atoms with Gasteiger partial charge in [0.15, 0.2) is 0 Å². The molecule has 1 aromatic carbocycles. The van der Waals surface area contributed by atoms with Gasteiger partial charge in [-0.25, -0.2) is 0 Å². The first-order chi connectivity index (χ1) is 9.95. The molecule has 2 aromatic rings. The molecule has 2 N–H and O–H groups in total. The molecule has 0 amide bonds. The summed E-state index contributed by atoms with van der Waals surface area (Å²) in [7, 11) is 0. The molecule has 0 saturated heterocycles. The molecule has 0 fully saturated rings. The maximum atomic E-state index is 9.86. The Labute approximate surface area is 129 Å². The summed E-state index contributed by atoms with van der Waals surface area (Å²) in [5.74, 6) is 0.452. The van der Waals surface area contributed by atoms with E-state index in [1.54, 1.807) is 0 Å². The molecule has 6 heteroatoms. The number of aliphatic hydroxyl groups is 1. The van der Waals surface area contributed by atoms with Crippen LogP contribution in [-0.2, 0) is 5.41 Å². The molecule has 2 rings (SSSR count). The SMILES string of the molecule is CC(C)(C)c1ccc(NCC(O)COc2cnsn2)cc1. The summed E-state index contributed by atoms with van der Waals surface area (Å²) in [4.78, 5) is 0. The van der Waals surface area contributed by atoms with E-state index in [1.165, 1.54) is 11.8 Å². The number of hydrogen-bond acceptors (Lipinski definition) is 6. The highest BCUT2D eigenvalue weighted by atomic mass is 32.1. The van der Waals surface area contributed by atoms with Crippen molar-refractivity contribution in [3.8, 4) is 5.88 Å². The van der Waals surface area contributed by atoms with E-state index in [0.29, 0.717) is 12.4 Å². The number of aliphatic hydroxyl groups excluding tert-OH is 1. The molecule has 0 spiro atoms. The monoisotopic (exact) mass is 307 g/mol. The molecule has 21 heavy (non-hydrogen) atoms. The standard InChI is InChI=1S/C15H21N3O2S/c1-15(2,3)11-4-6-12(7-5-11)16-8-13(19)10-20-14-9-17-21-18-14/h4-7,9,13,16,19H,8,10H2,1-3H3. The molecule has 5 nitrogen and oxygen atoms in total. The normalized spacial score (nSPS) is 13.0. The third-order valence-electron chi connectivity index (χ3n) is 3.06. The molecule has 0 radical (unpaired) electrons. The predicted molar refractivity (Wildman–Crippen MR) is 85.0 cm³/mol. The number of ether oxygens (including phenoxy) is 1. The Morgan fingerprint density at radius 3 is 2.57 bits per heavy atom. The zero-order valence-corrected chi connectivity index (χ0v) is 13.4. The summed E-state index contributed by atoms with van der Waals surface area (Å²) in [6.45, 7) is 7.17. The van der Waals surface area contributed by atoms with Crippen LogP contribution in [0.3, 0.4) is 0 Å². The van der Waals surface area contributed by atoms with Crippen molar-refractivity contribution in [2.45, 2.75) is 32.3 Å². The van der Waals surface area contributed by atoms with Gasteiger partial charge in [0, 0.05) is 12.2 Å². The lowest BCUT2D eigenvalue weighted by molar-refractivity contribution is 0.115. The smallest absolute Gasteiger partial charge is 0.245 e. The molecule has 114 valence electrons. The van der Waals surface area contributed by atoms with Crippen LogP contribution >= 0.6 is 11.7 Å². The number of hydrogen-bond donors (Lipinski definition) is 2. The Kier molecular flexibility index (Phi) is 5.14. The number of aromatic nitrogens is 2. The van der Waals surface area contributed by atoms with Gasteiger partial charge in [-0.3, -0.25) is 0 Å². The maximum Gasteiger partial charge on any atom is 0.245 e. The number of anilines is 1. The molecule has 0 aliphatic rings. The largest absolute Gasteiger partial charge is 0.473 e. The van der Waals surface area contributed by atoms with Crippen molar-refractivity contribution in [1.82, 2.24) is 8.75 Å². The highest BCUT2D eigenvalue weighted by Crippen LogP contribution is 2.23. The van der Waals surface area contributed by atoms with Crippen LogP contribution in [0.25, 0.3) is 0 Å². The Morgan fingerprint density at radius 2 is 2.00 bits per heavy atom. The number of benzene rings is 1. The van der Waals surface area contributed by atoms with Crippen LogP contribution in [0.4, 0.5) is 5.69 Å². The molecule has 0 aliphatic heterocycles. The van der Waals surface area contributed by atoms with Gasteiger partial charge in [0.25, 0.3) is 0 Å². The minimum atomic E-state index is -0.603. The first-order valence-electron chi connectivity index (χ1n) is 6.88. The van der Waals surface area contributed by atoms with Crippen molar-refractivity contribution in [1.29, 1.82) is 0 Å². The van der Waals surface area contributed by atoms with Gasteiger partial charge in [-0.15, -0.1) is 4.37 Å². The van der Waals surface area contributed by atoms with Crippen molar-refractivity contribution in [2.75, 3.05) is 18.5 Å². The minimum absolute atomic E-state index is 0.146. The quantitative estimate of drug-likeness (QED) is 0.859. The van der Waals surface area contributed by atoms with Gasteiger partial charge in [0.05, 0.1) is 11.7 Å². The van der Waals surface area contributed by atoms with Crippen LogP contribution < -0.4 is 10.1 Å². The summed E-state index contributed by atoms with van der Waals surface area (Å²) in [5.41, 5.74) is 2.42. The minimum Gasteiger partial charge on any atom is -0.473 e. The van der Waals surface area contributed by atoms with E-state index in [-0.39, 0.29) is 12.0 Å². The third-order valence-corrected chi connectivity index (χ3v) is 3.52. The van der Waals surface area contributed by atoms with Crippen molar-refractivity contribution in [2.24, 2.45) is 0 Å². The first-order valence-corrected chi connectivity index (χ1v) is 7.61. The highest BCUT2D eigenvalue weighted by molar-refractivity contribution is 6.99. The van der Waals surface area contributed by atoms with Gasteiger partial charge in [0.2, 0.25) is 5.88 Å². The summed E-state index contributed by atoms with van der Waals surface area (Å²) in [6, 6.07) is 8.26. The fraction of sp³-hybridized carbons (Fsp3) is 0.467. The van der Waals surface area contributed by atoms with E-state index in [9.17, 15) is 5.11 Å². The second-order valence-electron chi connectivity index (χ2n) is 5.92. The zero-order chi connectivity index (χ0) is 15.3. The van der Waals surface area contributed by atoms with Gasteiger partial charge < -0.3 is 15.2 Å². The van der Waals surface area contributed by atoms with E-state index in [2.05, 4.69) is 47.0 Å². The van der Waals surface area contributed by atoms with Crippen LogP contribution in [0.1, 0.15) is 26.3 Å². The Balaban J connectivity index is 1.77. The zero-order valence-electron chi connectivity index (χ0n) is 12.5. The second-order valence-corrected chi connectivity index (χ2v) is 6.48. The van der Waals surface area contributed by atoms with E-state index < -0.39 is 6.10 Å². The van der Waals surface area contributed by atoms with Crippen LogP contribution in [0.5, 0.6) is 5.88 Å². The van der Waals surface area contributed by atoms with Gasteiger partial charge >= 0.3 is 0 Å². The van der Waals surface area contributed by atoms with Gasteiger partial charge in [0.1, 0.15) is 18.9 Å². The molecular formula is C15H21N3O2S. The lowest BCUT2D eigenvalue weighted by Crippen LogP contribution is -2.26. The lowest BCUT2D eigenvalue weighted by atomic mass is 9.87. The Morgan fingerprint density at radius 1 is 1.29 bits per heavy atom. The number of nitrogens with one attached hydrogen (secondary N) is 1. The molecule has 0 saturated carbocycles. The van der Waals surface area contributed by atoms with E-state index >= 15 is 0 Å². The van der Waals surface area contributed by atoms with Crippen LogP contribution in [0.15, 0.2) is 30.5 Å². The highest BCUT2D eigenvalue weighted by Gasteiger charge is 2.13. The molecule has 0 aliphatic carbocycles. The molecular weight excluding hydrogens is 286 g/mol. The predicted octanol–water partition coefficient (Wildman–Crippen LogP) is 2.69. The van der Waals surface area contributed by atoms with Crippen LogP contribution in [0, 0.1) is 0 Å². The lowest BCUT2D eigenvalue weighted by Gasteiger charge is -2.19. The number of nitrogens with zero attached hydrogens (tertiary/aromatic N) is 2. The Hall–Kier alpha value is -1.66. The Bertz CT molecular complexity index is 535. The summed E-state index contributed by atoms with van der Waals surface area (Å²) in [6.07, 6.45) is 0.935. The third kappa shape index (κ3) is 4.99.